The molecule has 3 heterocycles. The Morgan fingerprint density at radius 1 is 1.19 bits per heavy atom. The summed E-state index contributed by atoms with van der Waals surface area (Å²) < 4.78 is 22.9. The number of nitrogens with zero attached hydrogens (tertiary/aromatic N) is 2. The van der Waals surface area contributed by atoms with Gasteiger partial charge in [-0.3, -0.25) is 9.78 Å². The minimum absolute atomic E-state index is 0.0138. The van der Waals surface area contributed by atoms with Crippen molar-refractivity contribution in [2.75, 3.05) is 26.8 Å². The quantitative estimate of drug-likeness (QED) is 0.659. The molecule has 32 heavy (non-hydrogen) atoms. The molecule has 1 fully saturated rings. The van der Waals surface area contributed by atoms with E-state index in [1.165, 1.54) is 7.11 Å². The third kappa shape index (κ3) is 4.64. The molecule has 2 aliphatic rings. The number of methoxy groups -OCH3 is 1. The van der Waals surface area contributed by atoms with Crippen molar-refractivity contribution in [1.29, 1.82) is 0 Å². The van der Waals surface area contributed by atoms with Gasteiger partial charge in [-0.05, 0) is 18.2 Å². The van der Waals surface area contributed by atoms with Crippen molar-refractivity contribution in [2.45, 2.75) is 38.9 Å². The van der Waals surface area contributed by atoms with Crippen LogP contribution in [0.4, 0.5) is 0 Å². The molecule has 4 rings (SSSR count). The maximum absolute atomic E-state index is 12.2. The first kappa shape index (κ1) is 21.9. The lowest BCUT2D eigenvalue weighted by Gasteiger charge is -2.33. The van der Waals surface area contributed by atoms with Gasteiger partial charge in [-0.15, -0.1) is 0 Å². The highest BCUT2D eigenvalue weighted by atomic mass is 16.6. The smallest absolute Gasteiger partial charge is 0.341 e. The van der Waals surface area contributed by atoms with Gasteiger partial charge in [-0.25, -0.2) is 4.79 Å². The maximum Gasteiger partial charge on any atom is 0.341 e. The number of pyridine rings is 1. The van der Waals surface area contributed by atoms with Crippen molar-refractivity contribution in [3.05, 3.63) is 47.8 Å². The van der Waals surface area contributed by atoms with Gasteiger partial charge in [0, 0.05) is 43.6 Å². The van der Waals surface area contributed by atoms with E-state index < -0.39 is 5.97 Å². The number of likely N-dealkylation sites (tertiary alicyclic amines) is 1. The Labute approximate surface area is 187 Å². The van der Waals surface area contributed by atoms with Gasteiger partial charge < -0.3 is 23.8 Å². The van der Waals surface area contributed by atoms with Crippen molar-refractivity contribution < 1.29 is 28.5 Å². The number of benzene rings is 1. The van der Waals surface area contributed by atoms with Gasteiger partial charge in [-0.2, -0.15) is 0 Å². The Morgan fingerprint density at radius 3 is 2.69 bits per heavy atom. The van der Waals surface area contributed by atoms with Gasteiger partial charge in [0.2, 0.25) is 5.91 Å². The highest BCUT2D eigenvalue weighted by Crippen LogP contribution is 2.39. The average Bonchev–Trinajstić information content (AvgIpc) is 2.83. The second kappa shape index (κ2) is 9.46. The molecular formula is C24H28N2O6. The van der Waals surface area contributed by atoms with Gasteiger partial charge in [0.1, 0.15) is 24.0 Å². The van der Waals surface area contributed by atoms with Crippen LogP contribution in [0.2, 0.25) is 0 Å². The first-order chi connectivity index (χ1) is 15.5. The van der Waals surface area contributed by atoms with Gasteiger partial charge in [-0.1, -0.05) is 19.9 Å². The lowest BCUT2D eigenvalue weighted by atomic mass is 10.1. The molecule has 0 spiro atoms. The predicted octanol–water partition coefficient (Wildman–Crippen LogP) is 3.41. The van der Waals surface area contributed by atoms with Crippen LogP contribution in [0.5, 0.6) is 17.2 Å². The van der Waals surface area contributed by atoms with Crippen LogP contribution in [0.15, 0.2) is 36.7 Å². The molecule has 1 unspecified atom stereocenters. The molecule has 0 saturated carbocycles. The van der Waals surface area contributed by atoms with Crippen molar-refractivity contribution in [3.63, 3.8) is 0 Å². The maximum atomic E-state index is 12.2. The summed E-state index contributed by atoms with van der Waals surface area (Å²) >= 11 is 0. The molecule has 0 N–H and O–H groups in total. The van der Waals surface area contributed by atoms with E-state index in [4.69, 9.17) is 18.9 Å². The van der Waals surface area contributed by atoms with Crippen LogP contribution in [0.25, 0.3) is 0 Å². The van der Waals surface area contributed by atoms with E-state index in [0.717, 1.165) is 18.4 Å². The van der Waals surface area contributed by atoms with Crippen LogP contribution in [0.1, 0.15) is 48.7 Å². The Bertz CT molecular complexity index is 984. The largest absolute Gasteiger partial charge is 0.489 e. The zero-order chi connectivity index (χ0) is 22.7. The van der Waals surface area contributed by atoms with E-state index >= 15 is 0 Å². The van der Waals surface area contributed by atoms with Crippen LogP contribution in [0.3, 0.4) is 0 Å². The molecule has 1 aromatic heterocycles. The molecule has 170 valence electrons. The van der Waals surface area contributed by atoms with E-state index in [-0.39, 0.29) is 30.6 Å². The molecule has 0 bridgehead atoms. The number of hydrogen-bond donors (Lipinski definition) is 0. The number of ether oxygens (including phenoxy) is 4. The molecule has 1 amide bonds. The van der Waals surface area contributed by atoms with E-state index in [1.54, 1.807) is 30.6 Å². The third-order valence-corrected chi connectivity index (χ3v) is 5.69. The summed E-state index contributed by atoms with van der Waals surface area (Å²) in [6, 6.07) is 7.03. The number of amides is 1. The summed E-state index contributed by atoms with van der Waals surface area (Å²) in [5.41, 5.74) is 1.16. The molecule has 8 nitrogen and oxygen atoms in total. The summed E-state index contributed by atoms with van der Waals surface area (Å²) in [6.45, 7) is 5.49. The summed E-state index contributed by atoms with van der Waals surface area (Å²) in [5.74, 6) is 1.27. The summed E-state index contributed by atoms with van der Waals surface area (Å²) in [7, 11) is 1.33. The number of aromatic nitrogens is 1. The average molecular weight is 440 g/mol. The molecule has 8 heteroatoms. The molecule has 0 radical (unpaired) electrons. The highest BCUT2D eigenvalue weighted by molar-refractivity contribution is 5.93. The summed E-state index contributed by atoms with van der Waals surface area (Å²) in [4.78, 5) is 30.3. The molecule has 2 aliphatic heterocycles. The Hall–Kier alpha value is -3.29. The van der Waals surface area contributed by atoms with Crippen LogP contribution in [0, 0.1) is 5.92 Å². The number of esters is 1. The van der Waals surface area contributed by atoms with Crippen LogP contribution >= 0.6 is 0 Å². The van der Waals surface area contributed by atoms with E-state index in [9.17, 15) is 9.59 Å². The Balaban J connectivity index is 1.40. The van der Waals surface area contributed by atoms with E-state index in [0.29, 0.717) is 35.9 Å². The standard InChI is InChI=1S/C24H28N2O6/c1-15(2)23(27)26-9-7-17(8-10-26)31-18-11-16(12-25-13-18)21-14-30-22-19(24(28)29-3)5-4-6-20(22)32-21/h4-6,11-13,15,17,21H,7-10,14H2,1-3H3. The number of hydrogen-bond acceptors (Lipinski definition) is 7. The second-order valence-electron chi connectivity index (χ2n) is 8.29. The molecule has 0 aliphatic carbocycles. The minimum atomic E-state index is -0.470. The van der Waals surface area contributed by atoms with Crippen molar-refractivity contribution in [2.24, 2.45) is 5.92 Å². The molecule has 1 atom stereocenters. The normalized spacial score (nSPS) is 18.4. The highest BCUT2D eigenvalue weighted by Gasteiger charge is 2.29. The summed E-state index contributed by atoms with van der Waals surface area (Å²) in [5, 5.41) is 0. The molecule has 1 aromatic carbocycles. The van der Waals surface area contributed by atoms with Crippen LogP contribution in [-0.2, 0) is 9.53 Å². The number of para-hydroxylation sites is 1. The van der Waals surface area contributed by atoms with Gasteiger partial charge in [0.25, 0.3) is 0 Å². The van der Waals surface area contributed by atoms with E-state index in [2.05, 4.69) is 4.98 Å². The third-order valence-electron chi connectivity index (χ3n) is 5.69. The van der Waals surface area contributed by atoms with Crippen LogP contribution < -0.4 is 14.2 Å². The monoisotopic (exact) mass is 440 g/mol. The molecule has 1 saturated heterocycles. The molecular weight excluding hydrogens is 412 g/mol. The number of carbonyl (C=O) groups is 2. The molecule has 2 aromatic rings. The van der Waals surface area contributed by atoms with Crippen molar-refractivity contribution >= 4 is 11.9 Å². The number of fused-ring (bicyclic) bond motifs is 1. The van der Waals surface area contributed by atoms with Gasteiger partial charge in [0.05, 0.1) is 13.3 Å². The van der Waals surface area contributed by atoms with Crippen molar-refractivity contribution in [3.8, 4) is 17.2 Å². The zero-order valence-electron chi connectivity index (χ0n) is 18.6. The van der Waals surface area contributed by atoms with Crippen LogP contribution in [-0.4, -0.2) is 54.7 Å². The van der Waals surface area contributed by atoms with Gasteiger partial charge >= 0.3 is 5.97 Å². The SMILES string of the molecule is COC(=O)c1cccc2c1OCC(c1cncc(OC3CCN(C(=O)C(C)C)CC3)c1)O2. The second-order valence-corrected chi connectivity index (χ2v) is 8.29. The number of carbonyl (C=O) groups excluding carboxylic acids is 2. The number of piperidine rings is 1. The van der Waals surface area contributed by atoms with Crippen molar-refractivity contribution in [1.82, 2.24) is 9.88 Å². The predicted molar refractivity (Wildman–Crippen MR) is 116 cm³/mol. The number of rotatable bonds is 5. The van der Waals surface area contributed by atoms with E-state index in [1.807, 2.05) is 24.8 Å². The first-order valence-electron chi connectivity index (χ1n) is 10.9. The van der Waals surface area contributed by atoms with Gasteiger partial charge in [0.15, 0.2) is 17.6 Å². The minimum Gasteiger partial charge on any atom is -0.489 e. The Kier molecular flexibility index (Phi) is 6.48. The summed E-state index contributed by atoms with van der Waals surface area (Å²) in [6.07, 6.45) is 4.64. The Morgan fingerprint density at radius 2 is 1.97 bits per heavy atom. The lowest BCUT2D eigenvalue weighted by Crippen LogP contribution is -2.43. The lowest BCUT2D eigenvalue weighted by molar-refractivity contribution is -0.136. The fraction of sp³-hybridized carbons (Fsp3) is 0.458. The topological polar surface area (TPSA) is 87.2 Å². The fourth-order valence-electron chi connectivity index (χ4n) is 3.97. The zero-order valence-corrected chi connectivity index (χ0v) is 18.6. The fourth-order valence-corrected chi connectivity index (χ4v) is 3.97. The first-order valence-corrected chi connectivity index (χ1v) is 10.9.